The van der Waals surface area contributed by atoms with Crippen molar-refractivity contribution in [1.82, 2.24) is 0 Å². The van der Waals surface area contributed by atoms with E-state index in [2.05, 4.69) is 39.8 Å². The molecule has 2 nitrogen and oxygen atoms in total. The fourth-order valence-electron chi connectivity index (χ4n) is 2.94. The SMILES string of the molecule is CCc1cc(C(C)(C)C)cc(/C=N/C2CCCCC2)c1O. The van der Waals surface area contributed by atoms with Gasteiger partial charge in [0.2, 0.25) is 0 Å². The molecule has 1 saturated carbocycles. The molecule has 0 aliphatic heterocycles. The lowest BCUT2D eigenvalue weighted by molar-refractivity contribution is 0.444. The van der Waals surface area contributed by atoms with Crippen LogP contribution in [0.1, 0.15) is 76.5 Å². The first-order valence-corrected chi connectivity index (χ1v) is 8.31. The van der Waals surface area contributed by atoms with Crippen molar-refractivity contribution in [2.75, 3.05) is 0 Å². The number of aliphatic imine (C=N–C) groups is 1. The number of aromatic hydroxyl groups is 1. The Hall–Kier alpha value is -1.31. The molecule has 0 spiro atoms. The van der Waals surface area contributed by atoms with Gasteiger partial charge in [-0.15, -0.1) is 0 Å². The Morgan fingerprint density at radius 2 is 1.86 bits per heavy atom. The molecule has 0 bridgehead atoms. The van der Waals surface area contributed by atoms with E-state index in [0.29, 0.717) is 11.8 Å². The highest BCUT2D eigenvalue weighted by molar-refractivity contribution is 5.84. The number of hydrogen-bond donors (Lipinski definition) is 1. The first kappa shape index (κ1) is 16.1. The normalized spacial score (nSPS) is 17.5. The molecular weight excluding hydrogens is 258 g/mol. The number of phenols is 1. The first-order chi connectivity index (χ1) is 9.91. The van der Waals surface area contributed by atoms with Crippen molar-refractivity contribution in [3.05, 3.63) is 28.8 Å². The summed E-state index contributed by atoms with van der Waals surface area (Å²) < 4.78 is 0. The topological polar surface area (TPSA) is 32.6 Å². The summed E-state index contributed by atoms with van der Waals surface area (Å²) in [5.74, 6) is 0.407. The quantitative estimate of drug-likeness (QED) is 0.779. The van der Waals surface area contributed by atoms with Crippen molar-refractivity contribution < 1.29 is 5.11 Å². The van der Waals surface area contributed by atoms with Gasteiger partial charge >= 0.3 is 0 Å². The van der Waals surface area contributed by atoms with E-state index in [1.54, 1.807) is 0 Å². The molecule has 0 amide bonds. The zero-order valence-corrected chi connectivity index (χ0v) is 13.9. The van der Waals surface area contributed by atoms with Gasteiger partial charge in [0.15, 0.2) is 0 Å². The van der Waals surface area contributed by atoms with Crippen molar-refractivity contribution in [3.8, 4) is 5.75 Å². The van der Waals surface area contributed by atoms with Crippen LogP contribution in [0.3, 0.4) is 0 Å². The standard InChI is InChI=1S/C19H29NO/c1-5-14-11-16(19(2,3)4)12-15(18(14)21)13-20-17-9-7-6-8-10-17/h11-13,17,21H,5-10H2,1-4H3/b20-13+. The van der Waals surface area contributed by atoms with Crippen molar-refractivity contribution >= 4 is 6.21 Å². The lowest BCUT2D eigenvalue weighted by atomic mass is 9.84. The molecule has 1 aromatic carbocycles. The number of phenolic OH excluding ortho intramolecular Hbond substituents is 1. The van der Waals surface area contributed by atoms with Crippen molar-refractivity contribution in [2.45, 2.75) is 77.7 Å². The van der Waals surface area contributed by atoms with Crippen LogP contribution < -0.4 is 0 Å². The zero-order valence-electron chi connectivity index (χ0n) is 13.9. The summed E-state index contributed by atoms with van der Waals surface area (Å²) in [7, 11) is 0. The van der Waals surface area contributed by atoms with E-state index in [1.165, 1.54) is 37.7 Å². The highest BCUT2D eigenvalue weighted by atomic mass is 16.3. The lowest BCUT2D eigenvalue weighted by Crippen LogP contribution is -2.13. The van der Waals surface area contributed by atoms with Crippen LogP contribution >= 0.6 is 0 Å². The fraction of sp³-hybridized carbons (Fsp3) is 0.632. The molecule has 1 aliphatic carbocycles. The molecule has 1 aromatic rings. The van der Waals surface area contributed by atoms with Crippen LogP contribution in [0.2, 0.25) is 0 Å². The molecule has 0 atom stereocenters. The van der Waals surface area contributed by atoms with E-state index < -0.39 is 0 Å². The maximum atomic E-state index is 10.4. The minimum atomic E-state index is 0.0883. The minimum absolute atomic E-state index is 0.0883. The number of rotatable bonds is 3. The Kier molecular flexibility index (Phi) is 5.08. The molecule has 1 fully saturated rings. The molecule has 116 valence electrons. The molecular formula is C19H29NO. The van der Waals surface area contributed by atoms with E-state index in [9.17, 15) is 5.11 Å². The third-order valence-corrected chi connectivity index (χ3v) is 4.46. The minimum Gasteiger partial charge on any atom is -0.507 e. The summed E-state index contributed by atoms with van der Waals surface area (Å²) in [6.07, 6.45) is 9.05. The highest BCUT2D eigenvalue weighted by Gasteiger charge is 2.18. The van der Waals surface area contributed by atoms with Crippen molar-refractivity contribution in [2.24, 2.45) is 4.99 Å². The third-order valence-electron chi connectivity index (χ3n) is 4.46. The zero-order chi connectivity index (χ0) is 15.5. The van der Waals surface area contributed by atoms with Gasteiger partial charge in [-0.2, -0.15) is 0 Å². The smallest absolute Gasteiger partial charge is 0.127 e. The number of benzene rings is 1. The van der Waals surface area contributed by atoms with Crippen LogP contribution in [0.5, 0.6) is 5.75 Å². The summed E-state index contributed by atoms with van der Waals surface area (Å²) >= 11 is 0. The highest BCUT2D eigenvalue weighted by Crippen LogP contribution is 2.31. The summed E-state index contributed by atoms with van der Waals surface area (Å²) in [5.41, 5.74) is 3.25. The van der Waals surface area contributed by atoms with Gasteiger partial charge in [-0.3, -0.25) is 4.99 Å². The molecule has 2 rings (SSSR count). The number of aryl methyl sites for hydroxylation is 1. The van der Waals surface area contributed by atoms with E-state index in [1.807, 2.05) is 6.21 Å². The van der Waals surface area contributed by atoms with Gasteiger partial charge in [0.05, 0.1) is 0 Å². The van der Waals surface area contributed by atoms with Crippen LogP contribution in [-0.2, 0) is 11.8 Å². The van der Waals surface area contributed by atoms with Crippen molar-refractivity contribution in [1.29, 1.82) is 0 Å². The molecule has 0 heterocycles. The van der Waals surface area contributed by atoms with E-state index in [0.717, 1.165) is 17.5 Å². The van der Waals surface area contributed by atoms with Gasteiger partial charge < -0.3 is 5.11 Å². The largest absolute Gasteiger partial charge is 0.507 e. The van der Waals surface area contributed by atoms with E-state index >= 15 is 0 Å². The number of hydrogen-bond acceptors (Lipinski definition) is 2. The van der Waals surface area contributed by atoms with Crippen LogP contribution in [0.15, 0.2) is 17.1 Å². The lowest BCUT2D eigenvalue weighted by Gasteiger charge is -2.22. The van der Waals surface area contributed by atoms with Crippen LogP contribution in [0.25, 0.3) is 0 Å². The predicted molar refractivity (Wildman–Crippen MR) is 90.7 cm³/mol. The second kappa shape index (κ2) is 6.64. The molecule has 0 radical (unpaired) electrons. The third kappa shape index (κ3) is 4.09. The van der Waals surface area contributed by atoms with E-state index in [4.69, 9.17) is 4.99 Å². The van der Waals surface area contributed by atoms with Crippen molar-refractivity contribution in [3.63, 3.8) is 0 Å². The second-order valence-corrected chi connectivity index (χ2v) is 7.25. The van der Waals surface area contributed by atoms with Crippen LogP contribution in [0.4, 0.5) is 0 Å². The Balaban J connectivity index is 2.30. The Bertz CT molecular complexity index is 505. The summed E-state index contributed by atoms with van der Waals surface area (Å²) in [5, 5.41) is 10.4. The van der Waals surface area contributed by atoms with Crippen LogP contribution in [-0.4, -0.2) is 17.4 Å². The van der Waals surface area contributed by atoms with Gasteiger partial charge in [-0.05, 0) is 41.9 Å². The Labute approximate surface area is 129 Å². The number of nitrogens with zero attached hydrogens (tertiary/aromatic N) is 1. The first-order valence-electron chi connectivity index (χ1n) is 8.31. The average molecular weight is 287 g/mol. The Morgan fingerprint density at radius 3 is 2.43 bits per heavy atom. The molecule has 0 saturated heterocycles. The average Bonchev–Trinajstić information content (AvgIpc) is 2.46. The summed E-state index contributed by atoms with van der Waals surface area (Å²) in [6.45, 7) is 8.71. The van der Waals surface area contributed by atoms with Gasteiger partial charge in [0, 0.05) is 17.8 Å². The van der Waals surface area contributed by atoms with Gasteiger partial charge in [0.25, 0.3) is 0 Å². The summed E-state index contributed by atoms with van der Waals surface area (Å²) in [6, 6.07) is 4.68. The van der Waals surface area contributed by atoms with E-state index in [-0.39, 0.29) is 5.41 Å². The molecule has 0 aromatic heterocycles. The predicted octanol–water partition coefficient (Wildman–Crippen LogP) is 5.00. The van der Waals surface area contributed by atoms with Crippen LogP contribution in [0, 0.1) is 0 Å². The fourth-order valence-corrected chi connectivity index (χ4v) is 2.94. The van der Waals surface area contributed by atoms with Gasteiger partial charge in [-0.1, -0.05) is 53.0 Å². The van der Waals surface area contributed by atoms with Gasteiger partial charge in [-0.25, -0.2) is 0 Å². The van der Waals surface area contributed by atoms with Gasteiger partial charge in [0.1, 0.15) is 5.75 Å². The maximum Gasteiger partial charge on any atom is 0.127 e. The monoisotopic (exact) mass is 287 g/mol. The molecule has 1 N–H and O–H groups in total. The summed E-state index contributed by atoms with van der Waals surface area (Å²) in [4.78, 5) is 4.73. The molecule has 1 aliphatic rings. The molecule has 21 heavy (non-hydrogen) atoms. The second-order valence-electron chi connectivity index (χ2n) is 7.25. The maximum absolute atomic E-state index is 10.4. The molecule has 2 heteroatoms. The molecule has 0 unspecified atom stereocenters. The Morgan fingerprint density at radius 1 is 1.19 bits per heavy atom.